The molecule has 2 aliphatic rings. The fourth-order valence-corrected chi connectivity index (χ4v) is 3.29. The van der Waals surface area contributed by atoms with Crippen LogP contribution in [0.2, 0.25) is 0 Å². The zero-order valence-corrected chi connectivity index (χ0v) is 12.3. The van der Waals surface area contributed by atoms with Gasteiger partial charge in [-0.25, -0.2) is 0 Å². The van der Waals surface area contributed by atoms with Gasteiger partial charge in [-0.1, -0.05) is 30.3 Å². The third kappa shape index (κ3) is 3.04. The summed E-state index contributed by atoms with van der Waals surface area (Å²) in [6.45, 7) is 5.69. The second kappa shape index (κ2) is 5.82. The number of rotatable bonds is 3. The maximum atomic E-state index is 6.48. The van der Waals surface area contributed by atoms with E-state index in [4.69, 9.17) is 10.5 Å². The lowest BCUT2D eigenvalue weighted by Crippen LogP contribution is -2.56. The van der Waals surface area contributed by atoms with Crippen LogP contribution >= 0.6 is 0 Å². The summed E-state index contributed by atoms with van der Waals surface area (Å²) in [6, 6.07) is 11.2. The lowest BCUT2D eigenvalue weighted by Gasteiger charge is -2.43. The van der Waals surface area contributed by atoms with Crippen molar-refractivity contribution >= 4 is 0 Å². The average Bonchev–Trinajstić information content (AvgIpc) is 2.88. The monoisotopic (exact) mass is 275 g/mol. The molecule has 110 valence electrons. The minimum absolute atomic E-state index is 0.164. The predicted molar refractivity (Wildman–Crippen MR) is 80.6 cm³/mol. The van der Waals surface area contributed by atoms with Gasteiger partial charge in [0, 0.05) is 38.8 Å². The van der Waals surface area contributed by atoms with E-state index in [0.717, 1.165) is 39.2 Å². The van der Waals surface area contributed by atoms with E-state index in [2.05, 4.69) is 47.2 Å². The summed E-state index contributed by atoms with van der Waals surface area (Å²) in [5.74, 6) is 0. The minimum Gasteiger partial charge on any atom is -0.379 e. The summed E-state index contributed by atoms with van der Waals surface area (Å²) in [7, 11) is 2.20. The van der Waals surface area contributed by atoms with E-state index in [1.807, 2.05) is 0 Å². The van der Waals surface area contributed by atoms with Gasteiger partial charge in [0.1, 0.15) is 0 Å². The molecule has 0 saturated carbocycles. The molecule has 1 aromatic carbocycles. The Morgan fingerprint density at radius 2 is 2.10 bits per heavy atom. The van der Waals surface area contributed by atoms with Crippen LogP contribution in [0.3, 0.4) is 0 Å². The first kappa shape index (κ1) is 14.0. The molecule has 2 atom stereocenters. The molecular formula is C16H25N3O. The molecule has 3 rings (SSSR count). The summed E-state index contributed by atoms with van der Waals surface area (Å²) in [5.41, 5.74) is 7.71. The first-order valence-corrected chi connectivity index (χ1v) is 7.50. The van der Waals surface area contributed by atoms with Crippen molar-refractivity contribution < 1.29 is 4.74 Å². The van der Waals surface area contributed by atoms with Crippen LogP contribution in [0.5, 0.6) is 0 Å². The highest BCUT2D eigenvalue weighted by atomic mass is 16.5. The van der Waals surface area contributed by atoms with Crippen LogP contribution in [0.15, 0.2) is 30.3 Å². The number of nitrogens with zero attached hydrogens (tertiary/aromatic N) is 2. The van der Waals surface area contributed by atoms with E-state index >= 15 is 0 Å². The molecule has 0 amide bonds. The zero-order valence-electron chi connectivity index (χ0n) is 12.3. The largest absolute Gasteiger partial charge is 0.379 e. The highest BCUT2D eigenvalue weighted by Gasteiger charge is 2.36. The maximum absolute atomic E-state index is 6.48. The van der Waals surface area contributed by atoms with Crippen molar-refractivity contribution in [3.05, 3.63) is 35.9 Å². The lowest BCUT2D eigenvalue weighted by molar-refractivity contribution is 0.0636. The number of nitrogens with two attached hydrogens (primary N) is 1. The lowest BCUT2D eigenvalue weighted by atomic mass is 9.95. The van der Waals surface area contributed by atoms with Gasteiger partial charge in [0.2, 0.25) is 0 Å². The van der Waals surface area contributed by atoms with Crippen molar-refractivity contribution in [2.45, 2.75) is 18.0 Å². The molecule has 2 unspecified atom stereocenters. The van der Waals surface area contributed by atoms with E-state index in [0.29, 0.717) is 12.6 Å². The van der Waals surface area contributed by atoms with Gasteiger partial charge in [-0.05, 0) is 19.0 Å². The quantitative estimate of drug-likeness (QED) is 0.897. The van der Waals surface area contributed by atoms with E-state index in [9.17, 15) is 0 Å². The van der Waals surface area contributed by atoms with Crippen molar-refractivity contribution in [2.75, 3.05) is 46.4 Å². The molecule has 0 aromatic heterocycles. The molecule has 20 heavy (non-hydrogen) atoms. The fraction of sp³-hybridized carbons (Fsp3) is 0.625. The Morgan fingerprint density at radius 1 is 1.30 bits per heavy atom. The van der Waals surface area contributed by atoms with Crippen LogP contribution in [0.4, 0.5) is 0 Å². The van der Waals surface area contributed by atoms with E-state index in [1.54, 1.807) is 0 Å². The van der Waals surface area contributed by atoms with Gasteiger partial charge in [-0.2, -0.15) is 0 Å². The van der Waals surface area contributed by atoms with E-state index in [-0.39, 0.29) is 5.54 Å². The van der Waals surface area contributed by atoms with Gasteiger partial charge >= 0.3 is 0 Å². The van der Waals surface area contributed by atoms with Crippen LogP contribution in [0.1, 0.15) is 18.0 Å². The fourth-order valence-electron chi connectivity index (χ4n) is 3.29. The second-order valence-electron chi connectivity index (χ2n) is 6.32. The molecule has 0 radical (unpaired) electrons. The van der Waals surface area contributed by atoms with Crippen LogP contribution in [0.25, 0.3) is 0 Å². The molecule has 1 aromatic rings. The molecule has 4 heteroatoms. The maximum Gasteiger partial charge on any atom is 0.0659 e. The van der Waals surface area contributed by atoms with Gasteiger partial charge in [-0.15, -0.1) is 0 Å². The van der Waals surface area contributed by atoms with Gasteiger partial charge in [0.25, 0.3) is 0 Å². The van der Waals surface area contributed by atoms with Gasteiger partial charge in [0.05, 0.1) is 12.1 Å². The van der Waals surface area contributed by atoms with Crippen LogP contribution < -0.4 is 5.73 Å². The van der Waals surface area contributed by atoms with Crippen LogP contribution in [0, 0.1) is 0 Å². The summed E-state index contributed by atoms with van der Waals surface area (Å²) in [4.78, 5) is 4.95. The highest BCUT2D eigenvalue weighted by molar-refractivity contribution is 5.20. The van der Waals surface area contributed by atoms with E-state index < -0.39 is 0 Å². The first-order valence-electron chi connectivity index (χ1n) is 7.50. The Morgan fingerprint density at radius 3 is 2.80 bits per heavy atom. The van der Waals surface area contributed by atoms with E-state index in [1.165, 1.54) is 5.56 Å². The SMILES string of the molecule is CN1CCN(CC2(N)CCOC2)C(c2ccccc2)C1. The predicted octanol–water partition coefficient (Wildman–Crippen LogP) is 1.09. The van der Waals surface area contributed by atoms with Crippen molar-refractivity contribution in [3.63, 3.8) is 0 Å². The number of ether oxygens (including phenoxy) is 1. The average molecular weight is 275 g/mol. The Kier molecular flexibility index (Phi) is 4.08. The second-order valence-corrected chi connectivity index (χ2v) is 6.32. The summed E-state index contributed by atoms with van der Waals surface area (Å²) in [5, 5.41) is 0. The molecule has 4 nitrogen and oxygen atoms in total. The number of hydrogen-bond acceptors (Lipinski definition) is 4. The van der Waals surface area contributed by atoms with Crippen molar-refractivity contribution in [1.82, 2.24) is 9.80 Å². The first-order chi connectivity index (χ1) is 9.66. The van der Waals surface area contributed by atoms with Crippen molar-refractivity contribution in [3.8, 4) is 0 Å². The molecule has 0 spiro atoms. The Labute approximate surface area is 121 Å². The highest BCUT2D eigenvalue weighted by Crippen LogP contribution is 2.28. The third-order valence-electron chi connectivity index (χ3n) is 4.53. The Hall–Kier alpha value is -0.940. The van der Waals surface area contributed by atoms with Gasteiger partial charge < -0.3 is 15.4 Å². The Bertz CT molecular complexity index is 431. The molecule has 0 bridgehead atoms. The molecule has 2 saturated heterocycles. The number of likely N-dealkylation sites (N-methyl/N-ethyl adjacent to an activating group) is 1. The van der Waals surface area contributed by atoms with Crippen molar-refractivity contribution in [2.24, 2.45) is 5.73 Å². The van der Waals surface area contributed by atoms with Gasteiger partial charge in [0.15, 0.2) is 0 Å². The van der Waals surface area contributed by atoms with Crippen LogP contribution in [-0.2, 0) is 4.74 Å². The molecular weight excluding hydrogens is 250 g/mol. The topological polar surface area (TPSA) is 41.7 Å². The number of piperazine rings is 1. The summed E-state index contributed by atoms with van der Waals surface area (Å²) < 4.78 is 5.50. The Balaban J connectivity index is 1.76. The molecule has 2 heterocycles. The third-order valence-corrected chi connectivity index (χ3v) is 4.53. The number of benzene rings is 1. The summed E-state index contributed by atoms with van der Waals surface area (Å²) >= 11 is 0. The zero-order chi connectivity index (χ0) is 14.0. The normalized spacial score (nSPS) is 32.6. The molecule has 2 fully saturated rings. The minimum atomic E-state index is -0.164. The smallest absolute Gasteiger partial charge is 0.0659 e. The molecule has 0 aliphatic carbocycles. The summed E-state index contributed by atoms with van der Waals surface area (Å²) in [6.07, 6.45) is 0.973. The molecule has 2 N–H and O–H groups in total. The molecule has 2 aliphatic heterocycles. The number of hydrogen-bond donors (Lipinski definition) is 1. The standard InChI is InChI=1S/C16H25N3O/c1-18-8-9-19(12-16(17)7-10-20-13-16)15(11-18)14-5-3-2-4-6-14/h2-6,15H,7-13,17H2,1H3. The van der Waals surface area contributed by atoms with Crippen LogP contribution in [-0.4, -0.2) is 61.8 Å². The van der Waals surface area contributed by atoms with Crippen molar-refractivity contribution in [1.29, 1.82) is 0 Å². The van der Waals surface area contributed by atoms with Gasteiger partial charge in [-0.3, -0.25) is 4.90 Å².